The van der Waals surface area contributed by atoms with E-state index < -0.39 is 6.10 Å². The highest BCUT2D eigenvalue weighted by Gasteiger charge is 2.15. The first-order chi connectivity index (χ1) is 10.2. The first kappa shape index (κ1) is 15.6. The molecule has 0 aromatic carbocycles. The number of anilines is 1. The van der Waals surface area contributed by atoms with Gasteiger partial charge in [-0.05, 0) is 0 Å². The van der Waals surface area contributed by atoms with E-state index in [0.29, 0.717) is 36.6 Å². The van der Waals surface area contributed by atoms with E-state index >= 15 is 0 Å². The number of nitrogens with two attached hydrogens (primary N) is 1. The van der Waals surface area contributed by atoms with Gasteiger partial charge in [-0.2, -0.15) is 0 Å². The number of aromatic nitrogens is 4. The lowest BCUT2D eigenvalue weighted by Gasteiger charge is -2.23. The summed E-state index contributed by atoms with van der Waals surface area (Å²) in [4.78, 5) is 13.8. The number of rotatable bonds is 8. The van der Waals surface area contributed by atoms with Crippen molar-refractivity contribution in [1.29, 1.82) is 0 Å². The van der Waals surface area contributed by atoms with Crippen molar-refractivity contribution in [3.05, 3.63) is 12.7 Å². The van der Waals surface area contributed by atoms with Gasteiger partial charge in [0.15, 0.2) is 11.5 Å². The highest BCUT2D eigenvalue weighted by Crippen LogP contribution is 2.15. The standard InChI is InChI=1S/C12H20N6O3/c13-11-10-12(15-7-14-11)16-8-18(10)6-9(21)5-17(1-3-19)2-4-20/h7-9,19-21H,1-6H2,(H2,13,14,15). The summed E-state index contributed by atoms with van der Waals surface area (Å²) in [6.45, 7) is 1.35. The molecule has 0 amide bonds. The molecule has 21 heavy (non-hydrogen) atoms. The predicted molar refractivity (Wildman–Crippen MR) is 76.4 cm³/mol. The van der Waals surface area contributed by atoms with Gasteiger partial charge in [0, 0.05) is 19.6 Å². The van der Waals surface area contributed by atoms with Crippen LogP contribution in [0.3, 0.4) is 0 Å². The average molecular weight is 296 g/mol. The highest BCUT2D eigenvalue weighted by molar-refractivity contribution is 5.81. The molecule has 2 rings (SSSR count). The van der Waals surface area contributed by atoms with E-state index in [2.05, 4.69) is 15.0 Å². The molecule has 9 heteroatoms. The van der Waals surface area contributed by atoms with Crippen LogP contribution in [-0.4, -0.2) is 78.7 Å². The van der Waals surface area contributed by atoms with Crippen molar-refractivity contribution in [2.75, 3.05) is 38.6 Å². The summed E-state index contributed by atoms with van der Waals surface area (Å²) >= 11 is 0. The van der Waals surface area contributed by atoms with Gasteiger partial charge in [0.1, 0.15) is 11.8 Å². The number of nitrogen functional groups attached to an aromatic ring is 1. The van der Waals surface area contributed by atoms with Crippen LogP contribution in [0, 0.1) is 0 Å². The van der Waals surface area contributed by atoms with Gasteiger partial charge in [0.05, 0.1) is 32.2 Å². The predicted octanol–water partition coefficient (Wildman–Crippen LogP) is -1.94. The summed E-state index contributed by atoms with van der Waals surface area (Å²) in [6, 6.07) is 0. The van der Waals surface area contributed by atoms with Crippen molar-refractivity contribution in [3.63, 3.8) is 0 Å². The lowest BCUT2D eigenvalue weighted by Crippen LogP contribution is -2.38. The summed E-state index contributed by atoms with van der Waals surface area (Å²) in [7, 11) is 0. The minimum atomic E-state index is -0.694. The number of hydrogen-bond donors (Lipinski definition) is 4. The Kier molecular flexibility index (Phi) is 5.39. The maximum Gasteiger partial charge on any atom is 0.182 e. The Morgan fingerprint density at radius 3 is 2.57 bits per heavy atom. The van der Waals surface area contributed by atoms with Crippen LogP contribution in [0.15, 0.2) is 12.7 Å². The third-order valence-corrected chi connectivity index (χ3v) is 3.15. The molecule has 0 fully saturated rings. The van der Waals surface area contributed by atoms with E-state index in [1.807, 2.05) is 0 Å². The summed E-state index contributed by atoms with van der Waals surface area (Å²) < 4.78 is 1.70. The Bertz CT molecular complexity index is 569. The van der Waals surface area contributed by atoms with E-state index in [-0.39, 0.29) is 19.8 Å². The van der Waals surface area contributed by atoms with Crippen LogP contribution in [0.1, 0.15) is 0 Å². The van der Waals surface area contributed by atoms with E-state index in [0.717, 1.165) is 0 Å². The largest absolute Gasteiger partial charge is 0.395 e. The second-order valence-corrected chi connectivity index (χ2v) is 4.73. The van der Waals surface area contributed by atoms with Crippen LogP contribution in [-0.2, 0) is 6.54 Å². The minimum absolute atomic E-state index is 0.0263. The minimum Gasteiger partial charge on any atom is -0.395 e. The summed E-state index contributed by atoms with van der Waals surface area (Å²) in [6.07, 6.45) is 2.21. The van der Waals surface area contributed by atoms with Gasteiger partial charge in [-0.3, -0.25) is 4.90 Å². The lowest BCUT2D eigenvalue weighted by molar-refractivity contribution is 0.0780. The summed E-state index contributed by atoms with van der Waals surface area (Å²) in [5.74, 6) is 0.312. The van der Waals surface area contributed by atoms with Crippen molar-refractivity contribution in [2.24, 2.45) is 0 Å². The Morgan fingerprint density at radius 2 is 1.90 bits per heavy atom. The van der Waals surface area contributed by atoms with E-state index in [1.54, 1.807) is 15.8 Å². The number of fused-ring (bicyclic) bond motifs is 1. The molecule has 0 spiro atoms. The molecule has 1 unspecified atom stereocenters. The number of aliphatic hydroxyl groups excluding tert-OH is 3. The normalized spacial score (nSPS) is 13.1. The van der Waals surface area contributed by atoms with Crippen LogP contribution >= 0.6 is 0 Å². The fourth-order valence-electron chi connectivity index (χ4n) is 2.23. The number of nitrogens with zero attached hydrogens (tertiary/aromatic N) is 5. The molecule has 0 radical (unpaired) electrons. The lowest BCUT2D eigenvalue weighted by atomic mass is 10.3. The molecule has 0 saturated carbocycles. The first-order valence-electron chi connectivity index (χ1n) is 6.69. The monoisotopic (exact) mass is 296 g/mol. The molecule has 5 N–H and O–H groups in total. The fraction of sp³-hybridized carbons (Fsp3) is 0.583. The molecule has 0 bridgehead atoms. The van der Waals surface area contributed by atoms with Gasteiger partial charge in [-0.15, -0.1) is 0 Å². The molecule has 0 saturated heterocycles. The molecular formula is C12H20N6O3. The zero-order chi connectivity index (χ0) is 15.2. The van der Waals surface area contributed by atoms with Crippen LogP contribution in [0.4, 0.5) is 5.82 Å². The second kappa shape index (κ2) is 7.27. The van der Waals surface area contributed by atoms with Crippen molar-refractivity contribution < 1.29 is 15.3 Å². The van der Waals surface area contributed by atoms with Crippen LogP contribution in [0.2, 0.25) is 0 Å². The maximum absolute atomic E-state index is 10.2. The zero-order valence-electron chi connectivity index (χ0n) is 11.6. The molecule has 2 aromatic rings. The molecule has 2 aromatic heterocycles. The quantitative estimate of drug-likeness (QED) is 0.442. The Labute approximate surface area is 121 Å². The average Bonchev–Trinajstić information content (AvgIpc) is 2.84. The topological polar surface area (TPSA) is 134 Å². The SMILES string of the molecule is Nc1ncnc2ncn(CC(O)CN(CCO)CCO)c12. The van der Waals surface area contributed by atoms with Gasteiger partial charge < -0.3 is 25.6 Å². The van der Waals surface area contributed by atoms with E-state index in [1.165, 1.54) is 6.33 Å². The third kappa shape index (κ3) is 3.85. The van der Waals surface area contributed by atoms with Gasteiger partial charge in [0.2, 0.25) is 0 Å². The van der Waals surface area contributed by atoms with Gasteiger partial charge >= 0.3 is 0 Å². The third-order valence-electron chi connectivity index (χ3n) is 3.15. The molecule has 2 heterocycles. The highest BCUT2D eigenvalue weighted by atomic mass is 16.3. The number of imidazole rings is 1. The molecule has 0 aliphatic rings. The summed E-state index contributed by atoms with van der Waals surface area (Å²) in [5.41, 5.74) is 6.88. The zero-order valence-corrected chi connectivity index (χ0v) is 11.6. The van der Waals surface area contributed by atoms with Crippen molar-refractivity contribution in [1.82, 2.24) is 24.4 Å². The Morgan fingerprint density at radius 1 is 1.19 bits per heavy atom. The van der Waals surface area contributed by atoms with Crippen LogP contribution < -0.4 is 5.73 Å². The fourth-order valence-corrected chi connectivity index (χ4v) is 2.23. The van der Waals surface area contributed by atoms with Gasteiger partial charge in [0.25, 0.3) is 0 Å². The second-order valence-electron chi connectivity index (χ2n) is 4.73. The van der Waals surface area contributed by atoms with Gasteiger partial charge in [-0.25, -0.2) is 15.0 Å². The van der Waals surface area contributed by atoms with E-state index in [4.69, 9.17) is 15.9 Å². The number of aliphatic hydroxyl groups is 3. The molecular weight excluding hydrogens is 276 g/mol. The smallest absolute Gasteiger partial charge is 0.182 e. The van der Waals surface area contributed by atoms with Gasteiger partial charge in [-0.1, -0.05) is 0 Å². The molecule has 116 valence electrons. The molecule has 1 atom stereocenters. The molecule has 9 nitrogen and oxygen atoms in total. The maximum atomic E-state index is 10.2. The van der Waals surface area contributed by atoms with Crippen molar-refractivity contribution in [2.45, 2.75) is 12.6 Å². The van der Waals surface area contributed by atoms with Crippen LogP contribution in [0.5, 0.6) is 0 Å². The summed E-state index contributed by atoms with van der Waals surface area (Å²) in [5, 5.41) is 28.1. The Balaban J connectivity index is 2.05. The van der Waals surface area contributed by atoms with Crippen molar-refractivity contribution in [3.8, 4) is 0 Å². The molecule has 0 aliphatic carbocycles. The molecule has 0 aliphatic heterocycles. The first-order valence-corrected chi connectivity index (χ1v) is 6.69. The Hall–Kier alpha value is -1.81. The van der Waals surface area contributed by atoms with Crippen molar-refractivity contribution >= 4 is 17.0 Å². The van der Waals surface area contributed by atoms with E-state index in [9.17, 15) is 5.11 Å². The van der Waals surface area contributed by atoms with Crippen LogP contribution in [0.25, 0.3) is 11.2 Å². The number of hydrogen-bond acceptors (Lipinski definition) is 8.